The minimum atomic E-state index is -0.893. The first-order valence-corrected chi connectivity index (χ1v) is 7.11. The quantitative estimate of drug-likeness (QED) is 0.289. The number of rotatable bonds is 5. The average molecular weight is 308 g/mol. The maximum atomic E-state index is 13.3. The Kier molecular flexibility index (Phi) is 5.16. The van der Waals surface area contributed by atoms with Gasteiger partial charge in [-0.2, -0.15) is 0 Å². The van der Waals surface area contributed by atoms with E-state index in [0.717, 1.165) is 17.7 Å². The van der Waals surface area contributed by atoms with Crippen LogP contribution >= 0.6 is 11.8 Å². The van der Waals surface area contributed by atoms with Gasteiger partial charge in [0, 0.05) is 16.6 Å². The molecule has 0 fully saturated rings. The molecule has 0 aliphatic heterocycles. The smallest absolute Gasteiger partial charge is 0.159 e. The molecule has 0 heterocycles. The van der Waals surface area contributed by atoms with Gasteiger partial charge in [-0.15, -0.1) is 11.8 Å². The summed E-state index contributed by atoms with van der Waals surface area (Å²) in [6.45, 7) is 0. The number of halogens is 2. The average Bonchev–Trinajstić information content (AvgIpc) is 2.51. The predicted molar refractivity (Wildman–Crippen MR) is 79.4 cm³/mol. The van der Waals surface area contributed by atoms with E-state index in [1.165, 1.54) is 17.8 Å². The van der Waals surface area contributed by atoms with E-state index in [1.54, 1.807) is 0 Å². The van der Waals surface area contributed by atoms with E-state index in [0.29, 0.717) is 11.3 Å². The molecule has 0 amide bonds. The number of nitrogens with zero attached hydrogens (tertiary/aromatic N) is 1. The van der Waals surface area contributed by atoms with Crippen LogP contribution in [0.5, 0.6) is 0 Å². The summed E-state index contributed by atoms with van der Waals surface area (Å²) in [5, 5.41) is 11.5. The Balaban J connectivity index is 2.25. The van der Waals surface area contributed by atoms with Gasteiger partial charge in [0.15, 0.2) is 11.6 Å². The van der Waals surface area contributed by atoms with Crippen molar-refractivity contribution >= 4 is 17.6 Å². The molecule has 0 bridgehead atoms. The Hall–Kier alpha value is -2.08. The SMILES string of the molecule is NC(CC(Sc1ccc(F)c(F)c1)c1ccccc1)=NO. The first-order chi connectivity index (χ1) is 10.1. The monoisotopic (exact) mass is 308 g/mol. The number of benzene rings is 2. The van der Waals surface area contributed by atoms with E-state index in [4.69, 9.17) is 10.9 Å². The number of hydrogen-bond donors (Lipinski definition) is 2. The van der Waals surface area contributed by atoms with E-state index >= 15 is 0 Å². The van der Waals surface area contributed by atoms with Gasteiger partial charge >= 0.3 is 0 Å². The zero-order valence-corrected chi connectivity index (χ0v) is 11.9. The normalized spacial score (nSPS) is 13.1. The van der Waals surface area contributed by atoms with Crippen LogP contribution in [-0.4, -0.2) is 11.0 Å². The number of amidine groups is 1. The predicted octanol–water partition coefficient (Wildman–Crippen LogP) is 3.93. The van der Waals surface area contributed by atoms with E-state index in [-0.39, 0.29) is 11.1 Å². The molecule has 0 spiro atoms. The second-order valence-corrected chi connectivity index (χ2v) is 5.66. The van der Waals surface area contributed by atoms with Gasteiger partial charge in [0.25, 0.3) is 0 Å². The summed E-state index contributed by atoms with van der Waals surface area (Å²) in [6, 6.07) is 13.2. The van der Waals surface area contributed by atoms with Gasteiger partial charge in [-0.25, -0.2) is 8.78 Å². The molecule has 1 atom stereocenters. The minimum Gasteiger partial charge on any atom is -0.409 e. The highest BCUT2D eigenvalue weighted by molar-refractivity contribution is 7.99. The lowest BCUT2D eigenvalue weighted by atomic mass is 10.1. The van der Waals surface area contributed by atoms with Crippen LogP contribution < -0.4 is 5.73 Å². The van der Waals surface area contributed by atoms with Crippen molar-refractivity contribution in [3.63, 3.8) is 0 Å². The Morgan fingerprint density at radius 2 is 1.86 bits per heavy atom. The highest BCUT2D eigenvalue weighted by Gasteiger charge is 2.16. The summed E-state index contributed by atoms with van der Waals surface area (Å²) in [5.74, 6) is -1.69. The van der Waals surface area contributed by atoms with Crippen LogP contribution in [0.3, 0.4) is 0 Å². The molecule has 2 aromatic carbocycles. The molecule has 0 radical (unpaired) electrons. The van der Waals surface area contributed by atoms with E-state index < -0.39 is 11.6 Å². The maximum absolute atomic E-state index is 13.3. The fraction of sp³-hybridized carbons (Fsp3) is 0.133. The van der Waals surface area contributed by atoms with Crippen molar-refractivity contribution in [2.75, 3.05) is 0 Å². The molecule has 0 saturated heterocycles. The molecule has 2 rings (SSSR count). The summed E-state index contributed by atoms with van der Waals surface area (Å²) in [5.41, 5.74) is 6.53. The number of thioether (sulfide) groups is 1. The van der Waals surface area contributed by atoms with Crippen LogP contribution in [0.4, 0.5) is 8.78 Å². The molecule has 0 aliphatic rings. The molecule has 3 nitrogen and oxygen atoms in total. The Morgan fingerprint density at radius 1 is 1.14 bits per heavy atom. The van der Waals surface area contributed by atoms with Crippen molar-refractivity contribution in [3.8, 4) is 0 Å². The molecule has 2 aromatic rings. The Labute approximate surface area is 125 Å². The van der Waals surface area contributed by atoms with Crippen LogP contribution in [-0.2, 0) is 0 Å². The zero-order valence-electron chi connectivity index (χ0n) is 11.0. The minimum absolute atomic E-state index is 0.0823. The molecular weight excluding hydrogens is 294 g/mol. The molecular formula is C15H14F2N2OS. The van der Waals surface area contributed by atoms with Crippen molar-refractivity contribution in [1.29, 1.82) is 0 Å². The van der Waals surface area contributed by atoms with Gasteiger partial charge < -0.3 is 10.9 Å². The Morgan fingerprint density at radius 3 is 2.48 bits per heavy atom. The molecule has 0 aliphatic carbocycles. The second-order valence-electron chi connectivity index (χ2n) is 4.39. The molecule has 0 aromatic heterocycles. The molecule has 1 unspecified atom stereocenters. The third kappa shape index (κ3) is 4.19. The van der Waals surface area contributed by atoms with Gasteiger partial charge in [0.1, 0.15) is 5.84 Å². The third-order valence-corrected chi connectivity index (χ3v) is 4.11. The van der Waals surface area contributed by atoms with Gasteiger partial charge in [-0.1, -0.05) is 35.5 Å². The lowest BCUT2D eigenvalue weighted by molar-refractivity contribution is 0.317. The first-order valence-electron chi connectivity index (χ1n) is 6.23. The highest BCUT2D eigenvalue weighted by atomic mass is 32.2. The first kappa shape index (κ1) is 15.3. The number of nitrogens with two attached hydrogens (primary N) is 1. The van der Waals surface area contributed by atoms with Crippen LogP contribution in [0.2, 0.25) is 0 Å². The third-order valence-electron chi connectivity index (χ3n) is 2.86. The largest absolute Gasteiger partial charge is 0.409 e. The zero-order chi connectivity index (χ0) is 15.2. The topological polar surface area (TPSA) is 58.6 Å². The maximum Gasteiger partial charge on any atom is 0.159 e. The molecule has 110 valence electrons. The summed E-state index contributed by atoms with van der Waals surface area (Å²) >= 11 is 1.33. The van der Waals surface area contributed by atoms with Crippen molar-refractivity contribution in [2.45, 2.75) is 16.6 Å². The van der Waals surface area contributed by atoms with Crippen molar-refractivity contribution in [3.05, 3.63) is 65.7 Å². The molecule has 3 N–H and O–H groups in total. The van der Waals surface area contributed by atoms with Crippen LogP contribution in [0.25, 0.3) is 0 Å². The lowest BCUT2D eigenvalue weighted by Crippen LogP contribution is -2.14. The van der Waals surface area contributed by atoms with E-state index in [1.807, 2.05) is 30.3 Å². The number of oxime groups is 1. The second kappa shape index (κ2) is 7.08. The summed E-state index contributed by atoms with van der Waals surface area (Å²) in [7, 11) is 0. The molecule has 21 heavy (non-hydrogen) atoms. The van der Waals surface area contributed by atoms with Gasteiger partial charge in [-0.3, -0.25) is 0 Å². The fourth-order valence-electron chi connectivity index (χ4n) is 1.84. The van der Waals surface area contributed by atoms with Crippen molar-refractivity contribution < 1.29 is 14.0 Å². The van der Waals surface area contributed by atoms with Gasteiger partial charge in [0.05, 0.1) is 0 Å². The van der Waals surface area contributed by atoms with Crippen LogP contribution in [0.1, 0.15) is 17.2 Å². The van der Waals surface area contributed by atoms with E-state index in [9.17, 15) is 8.78 Å². The molecule has 6 heteroatoms. The van der Waals surface area contributed by atoms with Gasteiger partial charge in [0.2, 0.25) is 0 Å². The summed E-state index contributed by atoms with van der Waals surface area (Å²) < 4.78 is 26.3. The standard InChI is InChI=1S/C15H14F2N2OS/c16-12-7-6-11(8-13(12)17)21-14(9-15(18)19-20)10-4-2-1-3-5-10/h1-8,14,20H,9H2,(H2,18,19). The van der Waals surface area contributed by atoms with Crippen LogP contribution in [0, 0.1) is 11.6 Å². The van der Waals surface area contributed by atoms with Gasteiger partial charge in [-0.05, 0) is 23.8 Å². The Bertz CT molecular complexity index is 635. The summed E-state index contributed by atoms with van der Waals surface area (Å²) in [6.07, 6.45) is 0.296. The number of hydrogen-bond acceptors (Lipinski definition) is 3. The lowest BCUT2D eigenvalue weighted by Gasteiger charge is -2.16. The molecule has 0 saturated carbocycles. The van der Waals surface area contributed by atoms with Crippen molar-refractivity contribution in [2.24, 2.45) is 10.9 Å². The highest BCUT2D eigenvalue weighted by Crippen LogP contribution is 2.38. The summed E-state index contributed by atoms with van der Waals surface area (Å²) in [4.78, 5) is 0.577. The van der Waals surface area contributed by atoms with E-state index in [2.05, 4.69) is 5.16 Å². The van der Waals surface area contributed by atoms with Crippen LogP contribution in [0.15, 0.2) is 58.6 Å². The fourth-order valence-corrected chi connectivity index (χ4v) is 3.03. The van der Waals surface area contributed by atoms with Crippen molar-refractivity contribution in [1.82, 2.24) is 0 Å².